The van der Waals surface area contributed by atoms with Gasteiger partial charge in [-0.3, -0.25) is 4.79 Å². The first-order valence-electron chi connectivity index (χ1n) is 8.56. The molecule has 0 heterocycles. The summed E-state index contributed by atoms with van der Waals surface area (Å²) in [5, 5.41) is 11.3. The van der Waals surface area contributed by atoms with Crippen LogP contribution in [-0.2, 0) is 22.2 Å². The van der Waals surface area contributed by atoms with Gasteiger partial charge in [-0.15, -0.1) is 0 Å². The van der Waals surface area contributed by atoms with Gasteiger partial charge in [0.05, 0.1) is 5.56 Å². The summed E-state index contributed by atoms with van der Waals surface area (Å²) >= 11 is 0. The summed E-state index contributed by atoms with van der Waals surface area (Å²) in [4.78, 5) is 22.6. The second-order valence-corrected chi connectivity index (χ2v) is 6.26. The number of hydrogen-bond acceptors (Lipinski definition) is 3. The minimum atomic E-state index is -4.38. The van der Waals surface area contributed by atoms with Gasteiger partial charge >= 0.3 is 12.1 Å². The van der Waals surface area contributed by atoms with Crippen LogP contribution >= 0.6 is 0 Å². The SMILES string of the molecule is Cc1cc(OCC(=O)O)ccc1NC(=O)CCCc1cccc(C(F)(F)F)c1. The fourth-order valence-electron chi connectivity index (χ4n) is 2.58. The van der Waals surface area contributed by atoms with Crippen LogP contribution in [0.5, 0.6) is 5.75 Å². The van der Waals surface area contributed by atoms with E-state index in [0.29, 0.717) is 35.4 Å². The molecule has 0 saturated carbocycles. The molecule has 28 heavy (non-hydrogen) atoms. The average Bonchev–Trinajstić information content (AvgIpc) is 2.61. The van der Waals surface area contributed by atoms with Crippen LogP contribution in [0.15, 0.2) is 42.5 Å². The van der Waals surface area contributed by atoms with Crippen molar-refractivity contribution in [2.24, 2.45) is 0 Å². The molecule has 0 saturated heterocycles. The third-order valence-electron chi connectivity index (χ3n) is 3.96. The van der Waals surface area contributed by atoms with Gasteiger partial charge in [0.2, 0.25) is 5.91 Å². The van der Waals surface area contributed by atoms with Crippen molar-refractivity contribution in [3.8, 4) is 5.75 Å². The van der Waals surface area contributed by atoms with Crippen LogP contribution in [-0.4, -0.2) is 23.6 Å². The number of aryl methyl sites for hydroxylation is 2. The topological polar surface area (TPSA) is 75.6 Å². The Morgan fingerprint density at radius 1 is 1.14 bits per heavy atom. The third-order valence-corrected chi connectivity index (χ3v) is 3.96. The van der Waals surface area contributed by atoms with Crippen LogP contribution in [0.1, 0.15) is 29.5 Å². The fraction of sp³-hybridized carbons (Fsp3) is 0.300. The van der Waals surface area contributed by atoms with Gasteiger partial charge in [0.25, 0.3) is 0 Å². The maximum atomic E-state index is 12.7. The van der Waals surface area contributed by atoms with Crippen molar-refractivity contribution >= 4 is 17.6 Å². The number of benzene rings is 2. The zero-order chi connectivity index (χ0) is 20.7. The van der Waals surface area contributed by atoms with Crippen LogP contribution in [0.4, 0.5) is 18.9 Å². The molecular weight excluding hydrogens is 375 g/mol. The van der Waals surface area contributed by atoms with Gasteiger partial charge in [-0.1, -0.05) is 18.2 Å². The molecule has 1 amide bonds. The number of carboxylic acids is 1. The van der Waals surface area contributed by atoms with Gasteiger partial charge in [0.15, 0.2) is 6.61 Å². The molecule has 0 aliphatic rings. The van der Waals surface area contributed by atoms with Crippen molar-refractivity contribution in [2.45, 2.75) is 32.4 Å². The molecule has 0 aliphatic carbocycles. The smallest absolute Gasteiger partial charge is 0.416 e. The van der Waals surface area contributed by atoms with E-state index in [-0.39, 0.29) is 12.3 Å². The van der Waals surface area contributed by atoms with E-state index in [2.05, 4.69) is 5.32 Å². The molecule has 2 N–H and O–H groups in total. The predicted molar refractivity (Wildman–Crippen MR) is 97.3 cm³/mol. The first-order valence-corrected chi connectivity index (χ1v) is 8.56. The molecule has 0 fully saturated rings. The molecule has 0 radical (unpaired) electrons. The fourth-order valence-corrected chi connectivity index (χ4v) is 2.58. The van der Waals surface area contributed by atoms with Gasteiger partial charge in [0, 0.05) is 12.1 Å². The Morgan fingerprint density at radius 2 is 1.89 bits per heavy atom. The number of ether oxygens (including phenoxy) is 1. The number of carbonyl (C=O) groups is 2. The molecule has 0 bridgehead atoms. The summed E-state index contributed by atoms with van der Waals surface area (Å²) in [5.74, 6) is -0.965. The van der Waals surface area contributed by atoms with E-state index in [0.717, 1.165) is 12.1 Å². The normalized spacial score (nSPS) is 11.1. The molecule has 8 heteroatoms. The zero-order valence-electron chi connectivity index (χ0n) is 15.2. The number of carboxylic acid groups (broad SMARTS) is 1. The van der Waals surface area contributed by atoms with Crippen molar-refractivity contribution in [1.82, 2.24) is 0 Å². The lowest BCUT2D eigenvalue weighted by molar-refractivity contribution is -0.139. The lowest BCUT2D eigenvalue weighted by atomic mass is 10.0. The Bertz CT molecular complexity index is 850. The molecule has 150 valence electrons. The number of amides is 1. The molecule has 0 aliphatic heterocycles. The number of carbonyl (C=O) groups excluding carboxylic acids is 1. The number of anilines is 1. The Labute approximate surface area is 160 Å². The van der Waals surface area contributed by atoms with Gasteiger partial charge in [-0.25, -0.2) is 4.79 Å². The highest BCUT2D eigenvalue weighted by atomic mass is 19.4. The average molecular weight is 395 g/mol. The Morgan fingerprint density at radius 3 is 2.54 bits per heavy atom. The van der Waals surface area contributed by atoms with Crippen molar-refractivity contribution in [1.29, 1.82) is 0 Å². The first kappa shape index (κ1) is 21.3. The van der Waals surface area contributed by atoms with Crippen molar-refractivity contribution in [2.75, 3.05) is 11.9 Å². The van der Waals surface area contributed by atoms with E-state index in [1.165, 1.54) is 6.07 Å². The lowest BCUT2D eigenvalue weighted by Crippen LogP contribution is -2.13. The summed E-state index contributed by atoms with van der Waals surface area (Å²) in [6, 6.07) is 9.84. The third kappa shape index (κ3) is 6.61. The van der Waals surface area contributed by atoms with Crippen LogP contribution in [0.25, 0.3) is 0 Å². The zero-order valence-corrected chi connectivity index (χ0v) is 15.2. The van der Waals surface area contributed by atoms with Gasteiger partial charge in [0.1, 0.15) is 5.75 Å². The number of hydrogen-bond donors (Lipinski definition) is 2. The first-order chi connectivity index (χ1) is 13.1. The van der Waals surface area contributed by atoms with Gasteiger partial charge < -0.3 is 15.2 Å². The van der Waals surface area contributed by atoms with E-state index < -0.39 is 24.3 Å². The second kappa shape index (κ2) is 9.25. The molecule has 2 rings (SSSR count). The van der Waals surface area contributed by atoms with Crippen molar-refractivity contribution in [3.05, 3.63) is 59.2 Å². The summed E-state index contributed by atoms with van der Waals surface area (Å²) < 4.78 is 43.2. The van der Waals surface area contributed by atoms with Crippen molar-refractivity contribution < 1.29 is 32.6 Å². The molecule has 0 aromatic heterocycles. The number of alkyl halides is 3. The molecule has 5 nitrogen and oxygen atoms in total. The van der Waals surface area contributed by atoms with E-state index >= 15 is 0 Å². The summed E-state index contributed by atoms with van der Waals surface area (Å²) in [6.45, 7) is 1.28. The number of rotatable bonds is 8. The molecular formula is C20H20F3NO4. The largest absolute Gasteiger partial charge is 0.482 e. The summed E-state index contributed by atoms with van der Waals surface area (Å²) in [5.41, 5.74) is 1.09. The highest BCUT2D eigenvalue weighted by Crippen LogP contribution is 2.29. The van der Waals surface area contributed by atoms with E-state index in [4.69, 9.17) is 9.84 Å². The monoisotopic (exact) mass is 395 g/mol. The summed E-state index contributed by atoms with van der Waals surface area (Å²) in [6.07, 6.45) is -3.46. The Hall–Kier alpha value is -3.03. The summed E-state index contributed by atoms with van der Waals surface area (Å²) in [7, 11) is 0. The molecule has 0 atom stereocenters. The van der Waals surface area contributed by atoms with Crippen LogP contribution in [0.2, 0.25) is 0 Å². The van der Waals surface area contributed by atoms with Gasteiger partial charge in [-0.2, -0.15) is 13.2 Å². The van der Waals surface area contributed by atoms with Crippen LogP contribution in [0.3, 0.4) is 0 Å². The predicted octanol–water partition coefficient (Wildman–Crippen LogP) is 4.44. The minimum absolute atomic E-state index is 0.160. The molecule has 2 aromatic carbocycles. The highest BCUT2D eigenvalue weighted by molar-refractivity contribution is 5.91. The number of nitrogens with one attached hydrogen (secondary N) is 1. The Balaban J connectivity index is 1.85. The quantitative estimate of drug-likeness (QED) is 0.693. The minimum Gasteiger partial charge on any atom is -0.482 e. The lowest BCUT2D eigenvalue weighted by Gasteiger charge is -2.11. The molecule has 0 spiro atoms. The van der Waals surface area contributed by atoms with Crippen LogP contribution in [0, 0.1) is 6.92 Å². The van der Waals surface area contributed by atoms with E-state index in [9.17, 15) is 22.8 Å². The maximum absolute atomic E-state index is 12.7. The standard InChI is InChI=1S/C20H20F3NO4/c1-13-10-16(28-12-19(26)27)8-9-17(13)24-18(25)7-3-5-14-4-2-6-15(11-14)20(21,22)23/h2,4,6,8-11H,3,5,7,12H2,1H3,(H,24,25)(H,26,27). The van der Waals surface area contributed by atoms with E-state index in [1.807, 2.05) is 0 Å². The molecule has 2 aromatic rings. The highest BCUT2D eigenvalue weighted by Gasteiger charge is 2.30. The number of halogens is 3. The van der Waals surface area contributed by atoms with Crippen LogP contribution < -0.4 is 10.1 Å². The Kier molecular flexibility index (Phi) is 7.03. The molecule has 0 unspecified atom stereocenters. The maximum Gasteiger partial charge on any atom is 0.416 e. The van der Waals surface area contributed by atoms with Gasteiger partial charge in [-0.05, 0) is 55.2 Å². The van der Waals surface area contributed by atoms with Crippen molar-refractivity contribution in [3.63, 3.8) is 0 Å². The number of aliphatic carboxylic acids is 1. The second-order valence-electron chi connectivity index (χ2n) is 6.26. The van der Waals surface area contributed by atoms with E-state index in [1.54, 1.807) is 31.2 Å².